The van der Waals surface area contributed by atoms with E-state index in [0.717, 1.165) is 16.8 Å². The number of anilines is 1. The Bertz CT molecular complexity index is 661. The van der Waals surface area contributed by atoms with Gasteiger partial charge in [-0.25, -0.2) is 9.97 Å². The highest BCUT2D eigenvalue weighted by Crippen LogP contribution is 2.36. The third-order valence-electron chi connectivity index (χ3n) is 3.06. The molecule has 2 N–H and O–H groups in total. The zero-order valence-corrected chi connectivity index (χ0v) is 13.5. The van der Waals surface area contributed by atoms with E-state index in [-0.39, 0.29) is 5.41 Å². The van der Waals surface area contributed by atoms with Gasteiger partial charge in [0.25, 0.3) is 0 Å². The molecule has 0 saturated heterocycles. The number of rotatable bonds is 1. The van der Waals surface area contributed by atoms with Crippen LogP contribution in [0.15, 0.2) is 18.2 Å². The van der Waals surface area contributed by atoms with E-state index in [0.29, 0.717) is 21.7 Å². The van der Waals surface area contributed by atoms with Crippen LogP contribution in [-0.2, 0) is 5.41 Å². The van der Waals surface area contributed by atoms with E-state index in [1.807, 2.05) is 39.8 Å². The van der Waals surface area contributed by atoms with Gasteiger partial charge in [-0.1, -0.05) is 56.1 Å². The van der Waals surface area contributed by atoms with Crippen LogP contribution in [0.5, 0.6) is 0 Å². The van der Waals surface area contributed by atoms with Crippen LogP contribution in [-0.4, -0.2) is 9.97 Å². The van der Waals surface area contributed by atoms with Crippen molar-refractivity contribution in [2.45, 2.75) is 33.1 Å². The highest BCUT2D eigenvalue weighted by Gasteiger charge is 2.22. The fraction of sp³-hybridized carbons (Fsp3) is 0.333. The van der Waals surface area contributed by atoms with Crippen LogP contribution in [0.1, 0.15) is 32.2 Å². The minimum absolute atomic E-state index is 0.193. The molecule has 0 fully saturated rings. The number of aromatic nitrogens is 2. The van der Waals surface area contributed by atoms with Crippen molar-refractivity contribution in [1.29, 1.82) is 0 Å². The van der Waals surface area contributed by atoms with E-state index in [2.05, 4.69) is 9.97 Å². The predicted molar refractivity (Wildman–Crippen MR) is 85.3 cm³/mol. The molecular formula is C15H17Cl2N3. The van der Waals surface area contributed by atoms with Crippen molar-refractivity contribution in [2.24, 2.45) is 0 Å². The molecule has 1 aromatic heterocycles. The van der Waals surface area contributed by atoms with Crippen molar-refractivity contribution >= 4 is 29.0 Å². The third kappa shape index (κ3) is 2.74. The lowest BCUT2D eigenvalue weighted by Gasteiger charge is -2.20. The molecule has 0 saturated carbocycles. The van der Waals surface area contributed by atoms with Crippen LogP contribution >= 0.6 is 23.2 Å². The first-order valence-electron chi connectivity index (χ1n) is 6.31. The molecule has 2 rings (SSSR count). The normalized spacial score (nSPS) is 11.7. The first kappa shape index (κ1) is 15.1. The third-order valence-corrected chi connectivity index (χ3v) is 3.88. The molecule has 0 bridgehead atoms. The Hall–Kier alpha value is -1.32. The molecule has 0 amide bonds. The van der Waals surface area contributed by atoms with Crippen molar-refractivity contribution in [1.82, 2.24) is 9.97 Å². The van der Waals surface area contributed by atoms with E-state index in [1.165, 1.54) is 0 Å². The lowest BCUT2D eigenvalue weighted by Crippen LogP contribution is -2.18. The van der Waals surface area contributed by atoms with E-state index in [4.69, 9.17) is 28.9 Å². The van der Waals surface area contributed by atoms with Gasteiger partial charge in [-0.05, 0) is 13.0 Å². The summed E-state index contributed by atoms with van der Waals surface area (Å²) in [7, 11) is 0. The summed E-state index contributed by atoms with van der Waals surface area (Å²) >= 11 is 12.4. The number of nitrogen functional groups attached to an aromatic ring is 1. The van der Waals surface area contributed by atoms with E-state index >= 15 is 0 Å². The minimum Gasteiger partial charge on any atom is -0.383 e. The van der Waals surface area contributed by atoms with Crippen molar-refractivity contribution in [3.8, 4) is 11.3 Å². The van der Waals surface area contributed by atoms with E-state index < -0.39 is 0 Å². The van der Waals surface area contributed by atoms with Crippen LogP contribution in [0.25, 0.3) is 11.3 Å². The quantitative estimate of drug-likeness (QED) is 0.835. The van der Waals surface area contributed by atoms with Crippen LogP contribution in [0.4, 0.5) is 5.82 Å². The van der Waals surface area contributed by atoms with Gasteiger partial charge in [0.2, 0.25) is 0 Å². The van der Waals surface area contributed by atoms with Crippen molar-refractivity contribution in [3.05, 3.63) is 39.6 Å². The molecule has 20 heavy (non-hydrogen) atoms. The van der Waals surface area contributed by atoms with Crippen molar-refractivity contribution in [2.75, 3.05) is 5.73 Å². The molecule has 1 aromatic carbocycles. The van der Waals surface area contributed by atoms with Gasteiger partial charge in [0.05, 0.1) is 15.7 Å². The van der Waals surface area contributed by atoms with Gasteiger partial charge in [-0.15, -0.1) is 0 Å². The Morgan fingerprint density at radius 1 is 1.10 bits per heavy atom. The molecule has 0 aliphatic heterocycles. The molecular weight excluding hydrogens is 293 g/mol. The highest BCUT2D eigenvalue weighted by atomic mass is 35.5. The van der Waals surface area contributed by atoms with Gasteiger partial charge in [0.1, 0.15) is 11.6 Å². The lowest BCUT2D eigenvalue weighted by atomic mass is 9.95. The largest absolute Gasteiger partial charge is 0.383 e. The van der Waals surface area contributed by atoms with Gasteiger partial charge in [-0.3, -0.25) is 0 Å². The van der Waals surface area contributed by atoms with E-state index in [9.17, 15) is 0 Å². The van der Waals surface area contributed by atoms with Gasteiger partial charge >= 0.3 is 0 Å². The van der Waals surface area contributed by atoms with Crippen molar-refractivity contribution < 1.29 is 0 Å². The molecule has 0 aliphatic rings. The second-order valence-electron chi connectivity index (χ2n) is 5.76. The standard InChI is InChI=1S/C15H17Cl2N3/c1-8-12(9-6-5-7-10(16)11(9)17)19-14(15(2,3)4)20-13(8)18/h5-7H,1-4H3,(H2,18,19,20). The molecule has 0 unspecified atom stereocenters. The smallest absolute Gasteiger partial charge is 0.136 e. The highest BCUT2D eigenvalue weighted by molar-refractivity contribution is 6.43. The minimum atomic E-state index is -0.193. The molecule has 3 nitrogen and oxygen atoms in total. The monoisotopic (exact) mass is 309 g/mol. The summed E-state index contributed by atoms with van der Waals surface area (Å²) in [5.74, 6) is 1.16. The average molecular weight is 310 g/mol. The number of hydrogen-bond acceptors (Lipinski definition) is 3. The number of benzene rings is 1. The van der Waals surface area contributed by atoms with Crippen LogP contribution < -0.4 is 5.73 Å². The topological polar surface area (TPSA) is 51.8 Å². The van der Waals surface area contributed by atoms with Gasteiger partial charge < -0.3 is 5.73 Å². The Morgan fingerprint density at radius 3 is 2.35 bits per heavy atom. The molecule has 0 spiro atoms. The molecule has 2 aromatic rings. The van der Waals surface area contributed by atoms with Gasteiger partial charge in [-0.2, -0.15) is 0 Å². The molecule has 106 valence electrons. The number of nitrogens with zero attached hydrogens (tertiary/aromatic N) is 2. The summed E-state index contributed by atoms with van der Waals surface area (Å²) in [5, 5.41) is 0.980. The maximum Gasteiger partial charge on any atom is 0.136 e. The summed E-state index contributed by atoms with van der Waals surface area (Å²) in [4.78, 5) is 9.02. The first-order chi connectivity index (χ1) is 9.21. The summed E-state index contributed by atoms with van der Waals surface area (Å²) in [6.45, 7) is 8.01. The molecule has 5 heteroatoms. The van der Waals surface area contributed by atoms with Crippen LogP contribution in [0, 0.1) is 6.92 Å². The molecule has 0 aliphatic carbocycles. The van der Waals surface area contributed by atoms with Crippen LogP contribution in [0.3, 0.4) is 0 Å². The lowest BCUT2D eigenvalue weighted by molar-refractivity contribution is 0.546. The summed E-state index contributed by atoms with van der Waals surface area (Å²) in [6, 6.07) is 5.48. The second-order valence-corrected chi connectivity index (χ2v) is 6.54. The molecule has 0 atom stereocenters. The number of nitrogens with two attached hydrogens (primary N) is 1. The number of halogens is 2. The zero-order valence-electron chi connectivity index (χ0n) is 12.0. The fourth-order valence-corrected chi connectivity index (χ4v) is 2.21. The SMILES string of the molecule is Cc1c(N)nc(C(C)(C)C)nc1-c1cccc(Cl)c1Cl. The summed E-state index contributed by atoms with van der Waals surface area (Å²) in [5.41, 5.74) is 8.14. The van der Waals surface area contributed by atoms with Gasteiger partial charge in [0.15, 0.2) is 0 Å². The Morgan fingerprint density at radius 2 is 1.75 bits per heavy atom. The Balaban J connectivity index is 2.74. The first-order valence-corrected chi connectivity index (χ1v) is 7.06. The maximum absolute atomic E-state index is 6.29. The van der Waals surface area contributed by atoms with Crippen LogP contribution in [0.2, 0.25) is 10.0 Å². The van der Waals surface area contributed by atoms with Crippen molar-refractivity contribution in [3.63, 3.8) is 0 Å². The number of hydrogen-bond donors (Lipinski definition) is 1. The average Bonchev–Trinajstić information content (AvgIpc) is 2.35. The van der Waals surface area contributed by atoms with E-state index in [1.54, 1.807) is 6.07 Å². The second kappa shape index (κ2) is 5.23. The zero-order chi connectivity index (χ0) is 15.1. The molecule has 1 heterocycles. The Kier molecular flexibility index (Phi) is 3.94. The maximum atomic E-state index is 6.29. The summed E-state index contributed by atoms with van der Waals surface area (Å²) < 4.78 is 0. The predicted octanol–water partition coefficient (Wildman–Crippen LogP) is 4.64. The summed E-state index contributed by atoms with van der Waals surface area (Å²) in [6.07, 6.45) is 0. The molecule has 0 radical (unpaired) electrons. The van der Waals surface area contributed by atoms with Gasteiger partial charge in [0, 0.05) is 16.5 Å². The fourth-order valence-electron chi connectivity index (χ4n) is 1.82. The Labute approximate surface area is 129 Å².